The van der Waals surface area contributed by atoms with Gasteiger partial charge in [0.05, 0.1) is 17.7 Å². The van der Waals surface area contributed by atoms with Crippen LogP contribution in [0.15, 0.2) is 72.3 Å². The van der Waals surface area contributed by atoms with E-state index in [9.17, 15) is 14.7 Å². The second kappa shape index (κ2) is 8.24. The van der Waals surface area contributed by atoms with E-state index in [4.69, 9.17) is 4.74 Å². The summed E-state index contributed by atoms with van der Waals surface area (Å²) in [5.41, 5.74) is 2.52. The number of amides is 1. The summed E-state index contributed by atoms with van der Waals surface area (Å²) in [6.07, 6.45) is 1.70. The quantitative estimate of drug-likeness (QED) is 0.371. The van der Waals surface area contributed by atoms with Crippen LogP contribution in [-0.4, -0.2) is 41.0 Å². The molecule has 1 N–H and O–H groups in total. The highest BCUT2D eigenvalue weighted by Crippen LogP contribution is 2.41. The third-order valence-corrected chi connectivity index (χ3v) is 6.37. The molecule has 2 saturated heterocycles. The molecule has 0 spiro atoms. The molecule has 5 nitrogen and oxygen atoms in total. The second-order valence-corrected chi connectivity index (χ2v) is 8.53. The number of ether oxygens (including phenoxy) is 1. The van der Waals surface area contributed by atoms with E-state index in [1.165, 1.54) is 0 Å². The van der Waals surface area contributed by atoms with Gasteiger partial charge in [0.1, 0.15) is 5.76 Å². The number of rotatable bonds is 4. The van der Waals surface area contributed by atoms with E-state index in [0.29, 0.717) is 18.7 Å². The number of aliphatic hydroxyl groups excluding tert-OH is 1. The Morgan fingerprint density at radius 2 is 1.84 bits per heavy atom. The first kappa shape index (κ1) is 20.5. The molecule has 0 radical (unpaired) electrons. The van der Waals surface area contributed by atoms with E-state index in [0.717, 1.165) is 34.7 Å². The number of fused-ring (bicyclic) bond motifs is 1. The first-order valence-corrected chi connectivity index (χ1v) is 11.0. The van der Waals surface area contributed by atoms with Gasteiger partial charge in [0.2, 0.25) is 0 Å². The first-order valence-electron chi connectivity index (χ1n) is 11.0. The number of Topliss-reactive ketones (excluding diaryl/α,β-unsaturated/α-hetero) is 1. The number of carbonyl (C=O) groups is 2. The largest absolute Gasteiger partial charge is 0.507 e. The van der Waals surface area contributed by atoms with Gasteiger partial charge < -0.3 is 14.7 Å². The molecule has 5 rings (SSSR count). The zero-order valence-corrected chi connectivity index (χ0v) is 18.0. The van der Waals surface area contributed by atoms with Crippen LogP contribution in [0.3, 0.4) is 0 Å². The Balaban J connectivity index is 1.69. The molecule has 2 unspecified atom stereocenters. The zero-order chi connectivity index (χ0) is 22.2. The molecular formula is C27H25NO4. The summed E-state index contributed by atoms with van der Waals surface area (Å²) in [5.74, 6) is -1.38. The highest BCUT2D eigenvalue weighted by Gasteiger charge is 2.47. The van der Waals surface area contributed by atoms with Crippen molar-refractivity contribution < 1.29 is 19.4 Å². The van der Waals surface area contributed by atoms with Crippen LogP contribution in [0.25, 0.3) is 16.5 Å². The predicted octanol–water partition coefficient (Wildman–Crippen LogP) is 4.75. The summed E-state index contributed by atoms with van der Waals surface area (Å²) in [4.78, 5) is 28.0. The lowest BCUT2D eigenvalue weighted by molar-refractivity contribution is -0.140. The van der Waals surface area contributed by atoms with Crippen molar-refractivity contribution in [2.24, 2.45) is 0 Å². The van der Waals surface area contributed by atoms with Gasteiger partial charge in [-0.3, -0.25) is 9.59 Å². The predicted molar refractivity (Wildman–Crippen MR) is 123 cm³/mol. The van der Waals surface area contributed by atoms with Gasteiger partial charge in [-0.05, 0) is 36.1 Å². The molecule has 0 bridgehead atoms. The van der Waals surface area contributed by atoms with E-state index < -0.39 is 17.7 Å². The molecule has 0 saturated carbocycles. The molecule has 5 heteroatoms. The van der Waals surface area contributed by atoms with Crippen LogP contribution in [0.5, 0.6) is 0 Å². The number of likely N-dealkylation sites (tertiary alicyclic amines) is 1. The van der Waals surface area contributed by atoms with Gasteiger partial charge in [-0.15, -0.1) is 0 Å². The molecule has 2 atom stereocenters. The monoisotopic (exact) mass is 427 g/mol. The van der Waals surface area contributed by atoms with Crippen molar-refractivity contribution in [2.45, 2.75) is 31.9 Å². The fourth-order valence-corrected chi connectivity index (χ4v) is 4.84. The normalized spacial score (nSPS) is 22.7. The number of hydrogen-bond acceptors (Lipinski definition) is 4. The van der Waals surface area contributed by atoms with Gasteiger partial charge in [0.25, 0.3) is 11.7 Å². The van der Waals surface area contributed by atoms with Gasteiger partial charge in [0, 0.05) is 18.7 Å². The fourth-order valence-electron chi connectivity index (χ4n) is 4.84. The van der Waals surface area contributed by atoms with Crippen molar-refractivity contribution in [3.63, 3.8) is 0 Å². The minimum absolute atomic E-state index is 0.0990. The lowest BCUT2D eigenvalue weighted by Gasteiger charge is -2.27. The molecule has 3 aromatic carbocycles. The van der Waals surface area contributed by atoms with Crippen molar-refractivity contribution in [3.8, 4) is 0 Å². The van der Waals surface area contributed by atoms with Crippen LogP contribution in [0.1, 0.15) is 35.6 Å². The maximum Gasteiger partial charge on any atom is 0.295 e. The van der Waals surface area contributed by atoms with Crippen LogP contribution in [0, 0.1) is 6.92 Å². The third kappa shape index (κ3) is 3.49. The Morgan fingerprint density at radius 1 is 1.06 bits per heavy atom. The van der Waals surface area contributed by atoms with E-state index in [1.807, 2.05) is 67.6 Å². The number of carbonyl (C=O) groups excluding carboxylic acids is 2. The summed E-state index contributed by atoms with van der Waals surface area (Å²) in [7, 11) is 0. The maximum absolute atomic E-state index is 13.3. The second-order valence-electron chi connectivity index (χ2n) is 8.53. The fraction of sp³-hybridized carbons (Fsp3) is 0.259. The minimum Gasteiger partial charge on any atom is -0.507 e. The van der Waals surface area contributed by atoms with Crippen LogP contribution < -0.4 is 0 Å². The summed E-state index contributed by atoms with van der Waals surface area (Å²) in [6.45, 7) is 2.97. The Bertz CT molecular complexity index is 1230. The molecule has 0 aromatic heterocycles. The number of nitrogens with zero attached hydrogens (tertiary/aromatic N) is 1. The Labute approximate surface area is 186 Å². The molecule has 2 aliphatic heterocycles. The van der Waals surface area contributed by atoms with Crippen molar-refractivity contribution in [3.05, 3.63) is 89.0 Å². The molecule has 0 aliphatic carbocycles. The Morgan fingerprint density at radius 3 is 2.62 bits per heavy atom. The summed E-state index contributed by atoms with van der Waals surface area (Å²) in [6, 6.07) is 20.4. The summed E-state index contributed by atoms with van der Waals surface area (Å²) < 4.78 is 5.76. The molecule has 32 heavy (non-hydrogen) atoms. The SMILES string of the molecule is Cc1cccc(C2/C(=C(/O)c3cccc4ccccc34)C(=O)C(=O)N2CC2CCCO2)c1. The van der Waals surface area contributed by atoms with Gasteiger partial charge >= 0.3 is 0 Å². The molecule has 162 valence electrons. The Hall–Kier alpha value is -3.44. The van der Waals surface area contributed by atoms with Gasteiger partial charge in [-0.1, -0.05) is 72.3 Å². The molecule has 2 fully saturated rings. The van der Waals surface area contributed by atoms with E-state index in [1.54, 1.807) is 11.0 Å². The van der Waals surface area contributed by atoms with Gasteiger partial charge in [0.15, 0.2) is 0 Å². The number of aryl methyl sites for hydroxylation is 1. The minimum atomic E-state index is -0.655. The van der Waals surface area contributed by atoms with Crippen LogP contribution in [0.2, 0.25) is 0 Å². The maximum atomic E-state index is 13.3. The summed E-state index contributed by atoms with van der Waals surface area (Å²) in [5, 5.41) is 13.2. The average Bonchev–Trinajstić information content (AvgIpc) is 3.40. The zero-order valence-electron chi connectivity index (χ0n) is 18.0. The number of hydrogen-bond donors (Lipinski definition) is 1. The summed E-state index contributed by atoms with van der Waals surface area (Å²) >= 11 is 0. The molecule has 2 heterocycles. The smallest absolute Gasteiger partial charge is 0.295 e. The highest BCUT2D eigenvalue weighted by molar-refractivity contribution is 6.46. The number of aliphatic hydroxyl groups is 1. The Kier molecular flexibility index (Phi) is 5.27. The molecular weight excluding hydrogens is 402 g/mol. The molecule has 2 aliphatic rings. The van der Waals surface area contributed by atoms with E-state index in [2.05, 4.69) is 0 Å². The topological polar surface area (TPSA) is 66.8 Å². The van der Waals surface area contributed by atoms with Crippen LogP contribution >= 0.6 is 0 Å². The average molecular weight is 428 g/mol. The van der Waals surface area contributed by atoms with Crippen molar-refractivity contribution in [1.29, 1.82) is 0 Å². The first-order chi connectivity index (χ1) is 15.5. The lowest BCUT2D eigenvalue weighted by Crippen LogP contribution is -2.36. The van der Waals surface area contributed by atoms with E-state index in [-0.39, 0.29) is 17.4 Å². The van der Waals surface area contributed by atoms with Gasteiger partial charge in [-0.2, -0.15) is 0 Å². The van der Waals surface area contributed by atoms with Crippen LogP contribution in [0.4, 0.5) is 0 Å². The van der Waals surface area contributed by atoms with Gasteiger partial charge in [-0.25, -0.2) is 0 Å². The number of benzene rings is 3. The molecule has 1 amide bonds. The third-order valence-electron chi connectivity index (χ3n) is 6.37. The number of ketones is 1. The lowest BCUT2D eigenvalue weighted by atomic mass is 9.92. The van der Waals surface area contributed by atoms with Crippen LogP contribution in [-0.2, 0) is 14.3 Å². The van der Waals surface area contributed by atoms with Crippen molar-refractivity contribution >= 4 is 28.2 Å². The molecule has 3 aromatic rings. The van der Waals surface area contributed by atoms with E-state index >= 15 is 0 Å². The van der Waals surface area contributed by atoms with Crippen molar-refractivity contribution in [2.75, 3.05) is 13.2 Å². The highest BCUT2D eigenvalue weighted by atomic mass is 16.5. The van der Waals surface area contributed by atoms with Crippen molar-refractivity contribution in [1.82, 2.24) is 4.90 Å². The standard InChI is InChI=1S/C27H25NO4/c1-17-7-4-10-19(15-17)24-23(26(30)27(31)28(24)16-20-11-6-14-32-20)25(29)22-13-5-9-18-8-2-3-12-21(18)22/h2-5,7-10,12-13,15,20,24,29H,6,11,14,16H2,1H3/b25-23-.